The van der Waals surface area contributed by atoms with E-state index in [-0.39, 0.29) is 12.5 Å². The van der Waals surface area contributed by atoms with Crippen LogP contribution in [0.2, 0.25) is 0 Å². The zero-order valence-electron chi connectivity index (χ0n) is 19.8. The zero-order valence-corrected chi connectivity index (χ0v) is 19.8. The summed E-state index contributed by atoms with van der Waals surface area (Å²) in [5, 5.41) is 3.24. The number of guanidine groups is 1. The first-order valence-corrected chi connectivity index (χ1v) is 11.1. The Morgan fingerprint density at radius 1 is 1.06 bits per heavy atom. The van der Waals surface area contributed by atoms with Gasteiger partial charge in [-0.2, -0.15) is 0 Å². The van der Waals surface area contributed by atoms with Crippen LogP contribution in [0.1, 0.15) is 33.3 Å². The Morgan fingerprint density at radius 3 is 2.38 bits per heavy atom. The second-order valence-electron chi connectivity index (χ2n) is 7.08. The standard InChI is InChI=1S/C24H35N5O3/c1-6-25-24(28(5)18-23(30)29(7-2)8-3)27-17-19-14-15-22(26-16-19)32-21-13-11-10-12-20(21)31-9-4/h10-16H,6-9,17-18H2,1-5H3,(H,25,27). The molecule has 0 bridgehead atoms. The van der Waals surface area contributed by atoms with Gasteiger partial charge in [0.25, 0.3) is 0 Å². The average Bonchev–Trinajstić information content (AvgIpc) is 2.80. The Balaban J connectivity index is 2.03. The summed E-state index contributed by atoms with van der Waals surface area (Å²) in [4.78, 5) is 25.1. The second kappa shape index (κ2) is 13.2. The molecule has 174 valence electrons. The maximum Gasteiger partial charge on any atom is 0.242 e. The Morgan fingerprint density at radius 2 is 1.78 bits per heavy atom. The van der Waals surface area contributed by atoms with E-state index < -0.39 is 0 Å². The molecule has 8 nitrogen and oxygen atoms in total. The molecule has 0 aliphatic rings. The number of hydrogen-bond acceptors (Lipinski definition) is 5. The number of carbonyl (C=O) groups excluding carboxylic acids is 1. The van der Waals surface area contributed by atoms with E-state index in [0.717, 1.165) is 5.56 Å². The molecule has 1 aromatic carbocycles. The van der Waals surface area contributed by atoms with Gasteiger partial charge in [0.05, 0.1) is 19.7 Å². The molecule has 1 amide bonds. The Kier molecular flexibility index (Phi) is 10.3. The van der Waals surface area contributed by atoms with E-state index in [0.29, 0.717) is 56.1 Å². The lowest BCUT2D eigenvalue weighted by molar-refractivity contribution is -0.131. The maximum atomic E-state index is 12.4. The lowest BCUT2D eigenvalue weighted by Gasteiger charge is -2.25. The number of nitrogens with one attached hydrogen (secondary N) is 1. The number of nitrogens with zero attached hydrogens (tertiary/aromatic N) is 4. The maximum absolute atomic E-state index is 12.4. The van der Waals surface area contributed by atoms with Crippen LogP contribution in [0.4, 0.5) is 0 Å². The van der Waals surface area contributed by atoms with Crippen molar-refractivity contribution in [2.45, 2.75) is 34.2 Å². The summed E-state index contributed by atoms with van der Waals surface area (Å²) in [6.07, 6.45) is 1.74. The Hall–Kier alpha value is -3.29. The second-order valence-corrected chi connectivity index (χ2v) is 7.08. The molecule has 1 aromatic heterocycles. The summed E-state index contributed by atoms with van der Waals surface area (Å²) in [6.45, 7) is 11.3. The lowest BCUT2D eigenvalue weighted by Crippen LogP contribution is -2.45. The molecule has 32 heavy (non-hydrogen) atoms. The molecule has 0 saturated carbocycles. The predicted molar refractivity (Wildman–Crippen MR) is 127 cm³/mol. The van der Waals surface area contributed by atoms with Crippen LogP contribution in [0.5, 0.6) is 17.4 Å². The van der Waals surface area contributed by atoms with Crippen LogP contribution < -0.4 is 14.8 Å². The molecule has 0 aliphatic heterocycles. The topological polar surface area (TPSA) is 79.3 Å². The number of rotatable bonds is 11. The first kappa shape index (κ1) is 25.0. The third kappa shape index (κ3) is 7.44. The summed E-state index contributed by atoms with van der Waals surface area (Å²) in [7, 11) is 1.87. The highest BCUT2D eigenvalue weighted by atomic mass is 16.5. The van der Waals surface area contributed by atoms with Crippen molar-refractivity contribution in [3.63, 3.8) is 0 Å². The SMILES string of the molecule is CCNC(=NCc1ccc(Oc2ccccc2OCC)nc1)N(C)CC(=O)N(CC)CC. The fraction of sp³-hybridized carbons (Fsp3) is 0.458. The summed E-state index contributed by atoms with van der Waals surface area (Å²) in [6, 6.07) is 11.3. The van der Waals surface area contributed by atoms with Crippen LogP contribution in [-0.4, -0.2) is 66.5 Å². The fourth-order valence-corrected chi connectivity index (χ4v) is 3.08. The van der Waals surface area contributed by atoms with Gasteiger partial charge in [-0.1, -0.05) is 18.2 Å². The van der Waals surface area contributed by atoms with Gasteiger partial charge in [0.1, 0.15) is 0 Å². The molecule has 0 saturated heterocycles. The molecule has 0 radical (unpaired) electrons. The molecular weight excluding hydrogens is 406 g/mol. The van der Waals surface area contributed by atoms with E-state index in [9.17, 15) is 4.79 Å². The fourth-order valence-electron chi connectivity index (χ4n) is 3.08. The van der Waals surface area contributed by atoms with Gasteiger partial charge in [0.15, 0.2) is 17.5 Å². The minimum absolute atomic E-state index is 0.0820. The summed E-state index contributed by atoms with van der Waals surface area (Å²) in [5.41, 5.74) is 0.939. The van der Waals surface area contributed by atoms with Crippen molar-refractivity contribution >= 4 is 11.9 Å². The summed E-state index contributed by atoms with van der Waals surface area (Å²) >= 11 is 0. The van der Waals surface area contributed by atoms with Gasteiger partial charge in [0.2, 0.25) is 11.8 Å². The predicted octanol–water partition coefficient (Wildman–Crippen LogP) is 3.54. The zero-order chi connectivity index (χ0) is 23.3. The normalized spacial score (nSPS) is 11.1. The molecule has 0 aliphatic carbocycles. The number of aliphatic imine (C=N–C) groups is 1. The van der Waals surface area contributed by atoms with E-state index in [2.05, 4.69) is 15.3 Å². The van der Waals surface area contributed by atoms with Crippen molar-refractivity contribution < 1.29 is 14.3 Å². The van der Waals surface area contributed by atoms with Gasteiger partial charge in [-0.15, -0.1) is 0 Å². The van der Waals surface area contributed by atoms with Gasteiger partial charge in [-0.3, -0.25) is 4.79 Å². The molecule has 0 atom stereocenters. The largest absolute Gasteiger partial charge is 0.490 e. The van der Waals surface area contributed by atoms with Crippen LogP contribution in [0, 0.1) is 0 Å². The number of likely N-dealkylation sites (N-methyl/N-ethyl adjacent to an activating group) is 2. The highest BCUT2D eigenvalue weighted by Crippen LogP contribution is 2.30. The van der Waals surface area contributed by atoms with Crippen LogP contribution in [0.3, 0.4) is 0 Å². The minimum Gasteiger partial charge on any atom is -0.490 e. The number of benzene rings is 1. The Bertz CT molecular complexity index is 866. The van der Waals surface area contributed by atoms with E-state index in [4.69, 9.17) is 9.47 Å². The first-order valence-electron chi connectivity index (χ1n) is 11.1. The number of ether oxygens (including phenoxy) is 2. The number of pyridine rings is 1. The van der Waals surface area contributed by atoms with Crippen molar-refractivity contribution in [3.8, 4) is 17.4 Å². The van der Waals surface area contributed by atoms with Gasteiger partial charge in [0, 0.05) is 38.9 Å². The molecule has 8 heteroatoms. The monoisotopic (exact) mass is 441 g/mol. The number of carbonyl (C=O) groups is 1. The molecule has 0 unspecified atom stereocenters. The van der Waals surface area contributed by atoms with E-state index in [1.165, 1.54) is 0 Å². The van der Waals surface area contributed by atoms with E-state index in [1.54, 1.807) is 6.20 Å². The van der Waals surface area contributed by atoms with Crippen molar-refractivity contribution in [2.75, 3.05) is 39.8 Å². The quantitative estimate of drug-likeness (QED) is 0.424. The number of amides is 1. The minimum atomic E-state index is 0.0820. The molecule has 0 spiro atoms. The van der Waals surface area contributed by atoms with Crippen molar-refractivity contribution in [1.29, 1.82) is 0 Å². The lowest BCUT2D eigenvalue weighted by atomic mass is 10.3. The van der Waals surface area contributed by atoms with Gasteiger partial charge >= 0.3 is 0 Å². The van der Waals surface area contributed by atoms with Crippen molar-refractivity contribution in [2.24, 2.45) is 4.99 Å². The average molecular weight is 442 g/mol. The molecule has 1 heterocycles. The highest BCUT2D eigenvalue weighted by molar-refractivity contribution is 5.86. The van der Waals surface area contributed by atoms with E-state index in [1.807, 2.05) is 80.9 Å². The third-order valence-electron chi connectivity index (χ3n) is 4.76. The molecular formula is C24H35N5O3. The van der Waals surface area contributed by atoms with Crippen molar-refractivity contribution in [3.05, 3.63) is 48.2 Å². The molecule has 0 fully saturated rings. The third-order valence-corrected chi connectivity index (χ3v) is 4.76. The van der Waals surface area contributed by atoms with Crippen molar-refractivity contribution in [1.82, 2.24) is 20.1 Å². The van der Waals surface area contributed by atoms with Crippen LogP contribution >= 0.6 is 0 Å². The van der Waals surface area contributed by atoms with Gasteiger partial charge in [-0.05, 0) is 45.4 Å². The van der Waals surface area contributed by atoms with Crippen LogP contribution in [-0.2, 0) is 11.3 Å². The number of para-hydroxylation sites is 2. The first-order chi connectivity index (χ1) is 15.5. The Labute approximate surface area is 191 Å². The number of hydrogen-bond donors (Lipinski definition) is 1. The van der Waals surface area contributed by atoms with Crippen LogP contribution in [0.25, 0.3) is 0 Å². The van der Waals surface area contributed by atoms with Gasteiger partial charge in [-0.25, -0.2) is 9.98 Å². The highest BCUT2D eigenvalue weighted by Gasteiger charge is 2.15. The number of aromatic nitrogens is 1. The molecule has 2 rings (SSSR count). The molecule has 2 aromatic rings. The summed E-state index contributed by atoms with van der Waals surface area (Å²) in [5.74, 6) is 2.56. The smallest absolute Gasteiger partial charge is 0.242 e. The van der Waals surface area contributed by atoms with Gasteiger partial charge < -0.3 is 24.6 Å². The summed E-state index contributed by atoms with van der Waals surface area (Å²) < 4.78 is 11.5. The van der Waals surface area contributed by atoms with E-state index >= 15 is 0 Å². The van der Waals surface area contributed by atoms with Crippen LogP contribution in [0.15, 0.2) is 47.6 Å². The molecule has 1 N–H and O–H groups in total.